The van der Waals surface area contributed by atoms with E-state index in [2.05, 4.69) is 33.5 Å². The van der Waals surface area contributed by atoms with E-state index >= 15 is 0 Å². The minimum absolute atomic E-state index is 0.0489. The van der Waals surface area contributed by atoms with Crippen LogP contribution >= 0.6 is 11.8 Å². The number of aryl methyl sites for hydroxylation is 1. The minimum atomic E-state index is -0.0489. The summed E-state index contributed by atoms with van der Waals surface area (Å²) in [4.78, 5) is 16.1. The van der Waals surface area contributed by atoms with Gasteiger partial charge in [-0.1, -0.05) is 43.0 Å². The van der Waals surface area contributed by atoms with Gasteiger partial charge in [0.2, 0.25) is 5.91 Å². The predicted octanol–water partition coefficient (Wildman–Crippen LogP) is 2.63. The highest BCUT2D eigenvalue weighted by Crippen LogP contribution is 2.22. The molecule has 0 aliphatic carbocycles. The first-order chi connectivity index (χ1) is 12.3. The van der Waals surface area contributed by atoms with Crippen LogP contribution in [0.1, 0.15) is 18.1 Å². The molecule has 0 atom stereocenters. The van der Waals surface area contributed by atoms with Gasteiger partial charge < -0.3 is 5.32 Å². The van der Waals surface area contributed by atoms with Crippen LogP contribution in [0.15, 0.2) is 60.3 Å². The summed E-state index contributed by atoms with van der Waals surface area (Å²) in [5.41, 5.74) is 3.24. The molecule has 0 unspecified atom stereocenters. The molecule has 128 valence electrons. The van der Waals surface area contributed by atoms with Gasteiger partial charge in [-0.05, 0) is 29.7 Å². The number of pyridine rings is 1. The van der Waals surface area contributed by atoms with Crippen molar-refractivity contribution in [2.45, 2.75) is 25.0 Å². The van der Waals surface area contributed by atoms with Crippen LogP contribution in [0.3, 0.4) is 0 Å². The molecule has 0 fully saturated rings. The third-order valence-electron chi connectivity index (χ3n) is 3.69. The second-order valence-electron chi connectivity index (χ2n) is 5.39. The predicted molar refractivity (Wildman–Crippen MR) is 97.5 cm³/mol. The normalized spacial score (nSPS) is 10.6. The molecule has 0 saturated carbocycles. The molecule has 0 spiro atoms. The minimum Gasteiger partial charge on any atom is -0.351 e. The lowest BCUT2D eigenvalue weighted by Crippen LogP contribution is -2.24. The van der Waals surface area contributed by atoms with Crippen molar-refractivity contribution in [3.05, 3.63) is 66.2 Å². The summed E-state index contributed by atoms with van der Waals surface area (Å²) in [7, 11) is 0. The van der Waals surface area contributed by atoms with Crippen molar-refractivity contribution in [2.75, 3.05) is 5.75 Å². The van der Waals surface area contributed by atoms with Gasteiger partial charge in [0, 0.05) is 18.9 Å². The molecule has 3 rings (SSSR count). The number of hydrogen-bond donors (Lipinski definition) is 1. The third kappa shape index (κ3) is 4.45. The maximum Gasteiger partial charge on any atom is 0.230 e. The largest absolute Gasteiger partial charge is 0.351 e. The van der Waals surface area contributed by atoms with Crippen molar-refractivity contribution in [3.8, 4) is 5.69 Å². The fourth-order valence-electron chi connectivity index (χ4n) is 2.42. The topological polar surface area (TPSA) is 72.7 Å². The standard InChI is InChI=1S/C18H19N5OS/c1-2-15-7-3-4-8-16(15)23-13-21-22-18(23)25-12-17(24)20-11-14-6-5-9-19-10-14/h3-10,13H,2,11-12H2,1H3,(H,20,24). The highest BCUT2D eigenvalue weighted by atomic mass is 32.2. The number of nitrogens with one attached hydrogen (secondary N) is 1. The second kappa shape index (κ2) is 8.43. The summed E-state index contributed by atoms with van der Waals surface area (Å²) in [6.45, 7) is 2.58. The van der Waals surface area contributed by atoms with Crippen molar-refractivity contribution in [1.29, 1.82) is 0 Å². The van der Waals surface area contributed by atoms with Gasteiger partial charge >= 0.3 is 0 Å². The number of aromatic nitrogens is 4. The van der Waals surface area contributed by atoms with Gasteiger partial charge in [-0.15, -0.1) is 10.2 Å². The quantitative estimate of drug-likeness (QED) is 0.661. The summed E-state index contributed by atoms with van der Waals surface area (Å²) < 4.78 is 1.93. The molecule has 7 heteroatoms. The number of amides is 1. The number of para-hydroxylation sites is 1. The zero-order valence-corrected chi connectivity index (χ0v) is 14.7. The van der Waals surface area contributed by atoms with E-state index in [0.29, 0.717) is 11.7 Å². The molecule has 0 aliphatic heterocycles. The number of rotatable bonds is 7. The smallest absolute Gasteiger partial charge is 0.230 e. The summed E-state index contributed by atoms with van der Waals surface area (Å²) in [5, 5.41) is 11.7. The summed E-state index contributed by atoms with van der Waals surface area (Å²) in [6.07, 6.45) is 6.06. The molecule has 1 amide bonds. The van der Waals surface area contributed by atoms with E-state index < -0.39 is 0 Å². The molecule has 1 aromatic carbocycles. The average Bonchev–Trinajstić information content (AvgIpc) is 3.14. The van der Waals surface area contributed by atoms with E-state index in [1.165, 1.54) is 17.3 Å². The van der Waals surface area contributed by atoms with Crippen LogP contribution in [-0.2, 0) is 17.8 Å². The van der Waals surface area contributed by atoms with Crippen LogP contribution in [0.4, 0.5) is 0 Å². The number of nitrogens with zero attached hydrogens (tertiary/aromatic N) is 4. The van der Waals surface area contributed by atoms with Gasteiger partial charge in [0.25, 0.3) is 0 Å². The molecule has 1 N–H and O–H groups in total. The Labute approximate surface area is 150 Å². The van der Waals surface area contributed by atoms with E-state index in [4.69, 9.17) is 0 Å². The van der Waals surface area contributed by atoms with E-state index in [0.717, 1.165) is 17.7 Å². The molecule has 2 heterocycles. The van der Waals surface area contributed by atoms with Crippen molar-refractivity contribution in [2.24, 2.45) is 0 Å². The Morgan fingerprint density at radius 3 is 2.92 bits per heavy atom. The Balaban J connectivity index is 1.61. The maximum atomic E-state index is 12.1. The van der Waals surface area contributed by atoms with E-state index in [9.17, 15) is 4.79 Å². The van der Waals surface area contributed by atoms with Crippen molar-refractivity contribution in [1.82, 2.24) is 25.1 Å². The number of hydrogen-bond acceptors (Lipinski definition) is 5. The first kappa shape index (κ1) is 17.2. The fraction of sp³-hybridized carbons (Fsp3) is 0.222. The highest BCUT2D eigenvalue weighted by Gasteiger charge is 2.12. The van der Waals surface area contributed by atoms with Crippen LogP contribution in [0.5, 0.6) is 0 Å². The maximum absolute atomic E-state index is 12.1. The van der Waals surface area contributed by atoms with Crippen LogP contribution in [0.2, 0.25) is 0 Å². The van der Waals surface area contributed by atoms with Crippen LogP contribution in [-0.4, -0.2) is 31.4 Å². The van der Waals surface area contributed by atoms with Crippen molar-refractivity contribution >= 4 is 17.7 Å². The zero-order chi connectivity index (χ0) is 17.5. The monoisotopic (exact) mass is 353 g/mol. The summed E-state index contributed by atoms with van der Waals surface area (Å²) in [5.74, 6) is 0.236. The van der Waals surface area contributed by atoms with Gasteiger partial charge in [-0.2, -0.15) is 0 Å². The number of carbonyl (C=O) groups excluding carboxylic acids is 1. The molecule has 0 bridgehead atoms. The van der Waals surface area contributed by atoms with Crippen molar-refractivity contribution in [3.63, 3.8) is 0 Å². The lowest BCUT2D eigenvalue weighted by atomic mass is 10.1. The summed E-state index contributed by atoms with van der Waals surface area (Å²) >= 11 is 1.37. The second-order valence-corrected chi connectivity index (χ2v) is 6.33. The number of carbonyl (C=O) groups is 1. The van der Waals surface area contributed by atoms with E-state index in [-0.39, 0.29) is 11.7 Å². The Kier molecular flexibility index (Phi) is 5.79. The molecular formula is C18H19N5OS. The Morgan fingerprint density at radius 2 is 2.12 bits per heavy atom. The highest BCUT2D eigenvalue weighted by molar-refractivity contribution is 7.99. The van der Waals surface area contributed by atoms with Crippen LogP contribution in [0, 0.1) is 0 Å². The van der Waals surface area contributed by atoms with Gasteiger partial charge in [-0.3, -0.25) is 14.3 Å². The van der Waals surface area contributed by atoms with Crippen LogP contribution < -0.4 is 5.32 Å². The average molecular weight is 353 g/mol. The Bertz CT molecular complexity index is 834. The van der Waals surface area contributed by atoms with Gasteiger partial charge in [0.15, 0.2) is 5.16 Å². The molecule has 25 heavy (non-hydrogen) atoms. The third-order valence-corrected chi connectivity index (χ3v) is 4.64. The Hall–Kier alpha value is -2.67. The molecule has 0 radical (unpaired) electrons. The summed E-state index contributed by atoms with van der Waals surface area (Å²) in [6, 6.07) is 11.9. The van der Waals surface area contributed by atoms with E-state index in [1.807, 2.05) is 34.9 Å². The molecule has 2 aromatic heterocycles. The number of thioether (sulfide) groups is 1. The van der Waals surface area contributed by atoms with Crippen LogP contribution in [0.25, 0.3) is 5.69 Å². The van der Waals surface area contributed by atoms with Gasteiger partial charge in [0.1, 0.15) is 6.33 Å². The lowest BCUT2D eigenvalue weighted by Gasteiger charge is -2.10. The first-order valence-corrected chi connectivity index (χ1v) is 9.03. The fourth-order valence-corrected chi connectivity index (χ4v) is 3.17. The molecule has 0 aliphatic rings. The van der Waals surface area contributed by atoms with Gasteiger partial charge in [-0.25, -0.2) is 0 Å². The number of benzene rings is 1. The Morgan fingerprint density at radius 1 is 1.24 bits per heavy atom. The zero-order valence-electron chi connectivity index (χ0n) is 13.9. The molecule has 0 saturated heterocycles. The molecular weight excluding hydrogens is 334 g/mol. The van der Waals surface area contributed by atoms with E-state index in [1.54, 1.807) is 18.7 Å². The van der Waals surface area contributed by atoms with Gasteiger partial charge in [0.05, 0.1) is 11.4 Å². The molecule has 3 aromatic rings. The SMILES string of the molecule is CCc1ccccc1-n1cnnc1SCC(=O)NCc1cccnc1. The van der Waals surface area contributed by atoms with Crippen molar-refractivity contribution < 1.29 is 4.79 Å². The lowest BCUT2D eigenvalue weighted by molar-refractivity contribution is -0.118. The molecule has 6 nitrogen and oxygen atoms in total. The first-order valence-electron chi connectivity index (χ1n) is 8.04.